The molecule has 0 radical (unpaired) electrons. The highest BCUT2D eigenvalue weighted by Crippen LogP contribution is 3.10. The van der Waals surface area contributed by atoms with Crippen LogP contribution < -0.4 is 9.47 Å². The minimum Gasteiger partial charge on any atom is -0.492 e. The van der Waals surface area contributed by atoms with Gasteiger partial charge in [-0.2, -0.15) is 0 Å². The van der Waals surface area contributed by atoms with Crippen LogP contribution in [-0.4, -0.2) is 13.2 Å². The normalized spacial score (nSPS) is 18.8. The van der Waals surface area contributed by atoms with Gasteiger partial charge < -0.3 is 9.47 Å². The first kappa shape index (κ1) is 20.9. The summed E-state index contributed by atoms with van der Waals surface area (Å²) in [6.45, 7) is 0.416. The monoisotopic (exact) mass is 418 g/mol. The lowest BCUT2D eigenvalue weighted by molar-refractivity contribution is 0.279. The summed E-state index contributed by atoms with van der Waals surface area (Å²) in [5.41, 5.74) is 0. The van der Waals surface area contributed by atoms with Crippen molar-refractivity contribution >= 4 is 20.4 Å². The van der Waals surface area contributed by atoms with Crippen molar-refractivity contribution in [2.45, 2.75) is 23.6 Å². The summed E-state index contributed by atoms with van der Waals surface area (Å²) in [6, 6.07) is 0.156. The molecular weight excluding hydrogens is 406 g/mol. The Kier molecular flexibility index (Phi) is 3.75. The van der Waals surface area contributed by atoms with Gasteiger partial charge in [-0.05, 0) is 26.0 Å². The molecule has 0 bridgehead atoms. The molecule has 0 atom stereocenters. The molecule has 0 fully saturated rings. The van der Waals surface area contributed by atoms with Crippen molar-refractivity contribution in [3.8, 4) is 11.5 Å². The Morgan fingerprint density at radius 3 is 1.04 bits per heavy atom. The Labute approximate surface area is 130 Å². The zero-order valence-corrected chi connectivity index (χ0v) is 13.6. The highest BCUT2D eigenvalue weighted by Gasteiger charge is 2.78. The summed E-state index contributed by atoms with van der Waals surface area (Å²) in [5.74, 6) is -4.10. The zero-order valence-electron chi connectivity index (χ0n) is 12.0. The molecule has 0 saturated carbocycles. The molecule has 0 N–H and O–H groups in total. The quantitative estimate of drug-likeness (QED) is 0.439. The second-order valence-electron chi connectivity index (χ2n) is 4.52. The summed E-state index contributed by atoms with van der Waals surface area (Å²) in [7, 11) is -22.5. The van der Waals surface area contributed by atoms with E-state index >= 15 is 0 Å². The smallest absolute Gasteiger partial charge is 0.315 e. The van der Waals surface area contributed by atoms with Gasteiger partial charge in [0.2, 0.25) is 0 Å². The molecule has 0 saturated heterocycles. The number of halogens is 10. The molecule has 0 aliphatic heterocycles. The van der Waals surface area contributed by atoms with Crippen molar-refractivity contribution in [1.82, 2.24) is 0 Å². The van der Waals surface area contributed by atoms with Crippen LogP contribution in [0.25, 0.3) is 0 Å². The zero-order chi connectivity index (χ0) is 19.4. The predicted molar refractivity (Wildman–Crippen MR) is 71.6 cm³/mol. The van der Waals surface area contributed by atoms with Gasteiger partial charge in [0, 0.05) is 0 Å². The average Bonchev–Trinajstić information content (AvgIpc) is 2.24. The maximum absolute atomic E-state index is 13.1. The van der Waals surface area contributed by atoms with Crippen LogP contribution in [0, 0.1) is 0 Å². The summed E-state index contributed by atoms with van der Waals surface area (Å²) in [6.07, 6.45) is 0. The fourth-order valence-electron chi connectivity index (χ4n) is 1.80. The largest absolute Gasteiger partial charge is 0.492 e. The first-order chi connectivity index (χ1) is 10.1. The van der Waals surface area contributed by atoms with Crippen LogP contribution in [-0.2, 0) is 0 Å². The van der Waals surface area contributed by atoms with E-state index in [4.69, 9.17) is 0 Å². The summed E-state index contributed by atoms with van der Waals surface area (Å²) in [4.78, 5) is -7.66. The van der Waals surface area contributed by atoms with Gasteiger partial charge in [0.15, 0.2) is 9.79 Å². The fourth-order valence-corrected chi connectivity index (χ4v) is 4.66. The SMILES string of the molecule is CCOc1ccc(OCC)c(S(F)(F)(F)(F)F)c1S(F)(F)(F)(F)F. The Balaban J connectivity index is 4.22. The van der Waals surface area contributed by atoms with E-state index < -0.39 is 55.0 Å². The van der Waals surface area contributed by atoms with Crippen LogP contribution in [0.5, 0.6) is 11.5 Å². The van der Waals surface area contributed by atoms with E-state index in [-0.39, 0.29) is 12.1 Å². The molecule has 0 aliphatic rings. The van der Waals surface area contributed by atoms with E-state index in [2.05, 4.69) is 9.47 Å². The van der Waals surface area contributed by atoms with Crippen molar-refractivity contribution in [3.05, 3.63) is 12.1 Å². The molecule has 0 spiro atoms. The van der Waals surface area contributed by atoms with Gasteiger partial charge in [-0.25, -0.2) is 0 Å². The van der Waals surface area contributed by atoms with Crippen molar-refractivity contribution in [2.24, 2.45) is 0 Å². The van der Waals surface area contributed by atoms with Gasteiger partial charge in [-0.15, -0.1) is 0 Å². The second kappa shape index (κ2) is 4.31. The van der Waals surface area contributed by atoms with Gasteiger partial charge in [0.05, 0.1) is 13.2 Å². The molecule has 1 aromatic carbocycles. The maximum atomic E-state index is 13.1. The molecule has 24 heavy (non-hydrogen) atoms. The highest BCUT2D eigenvalue weighted by molar-refractivity contribution is 8.48. The molecule has 0 amide bonds. The molecule has 0 aromatic heterocycles. The summed E-state index contributed by atoms with van der Waals surface area (Å²) < 4.78 is 140. The van der Waals surface area contributed by atoms with Crippen molar-refractivity contribution in [1.29, 1.82) is 0 Å². The Morgan fingerprint density at radius 1 is 0.625 bits per heavy atom. The molecular formula is C10H12F10O2S2. The number of ether oxygens (including phenoxy) is 2. The maximum Gasteiger partial charge on any atom is 0.315 e. The standard InChI is InChI=1S/C10H12F10O2S2/c1-3-21-7-5-6-8(22-4-2)10(24(16,17,18,19)20)9(7)23(11,12,13,14)15/h5-6H,3-4H2,1-2H3. The molecule has 146 valence electrons. The van der Waals surface area contributed by atoms with Gasteiger partial charge in [0.25, 0.3) is 0 Å². The van der Waals surface area contributed by atoms with Crippen LogP contribution in [0.4, 0.5) is 38.9 Å². The van der Waals surface area contributed by atoms with Crippen molar-refractivity contribution < 1.29 is 48.3 Å². The van der Waals surface area contributed by atoms with Crippen LogP contribution in [0.15, 0.2) is 21.9 Å². The van der Waals surface area contributed by atoms with Crippen LogP contribution >= 0.6 is 20.4 Å². The van der Waals surface area contributed by atoms with E-state index in [9.17, 15) is 38.9 Å². The Hall–Kier alpha value is -1.18. The van der Waals surface area contributed by atoms with E-state index in [1.54, 1.807) is 0 Å². The second-order valence-corrected chi connectivity index (χ2v) is 9.22. The number of hydrogen-bond donors (Lipinski definition) is 0. The number of hydrogen-bond acceptors (Lipinski definition) is 2. The molecule has 1 aromatic rings. The first-order valence-corrected chi connectivity index (χ1v) is 9.91. The van der Waals surface area contributed by atoms with Gasteiger partial charge in [-0.3, -0.25) is 0 Å². The van der Waals surface area contributed by atoms with E-state index in [1.807, 2.05) is 0 Å². The predicted octanol–water partition coefficient (Wildman–Crippen LogP) is 7.80. The highest BCUT2D eigenvalue weighted by atomic mass is 32.5. The number of rotatable bonds is 6. The van der Waals surface area contributed by atoms with Gasteiger partial charge in [-0.1, -0.05) is 38.9 Å². The van der Waals surface area contributed by atoms with E-state index in [1.165, 1.54) is 0 Å². The summed E-state index contributed by atoms with van der Waals surface area (Å²) in [5, 5.41) is 0. The fraction of sp³-hybridized carbons (Fsp3) is 0.400. The third kappa shape index (κ3) is 4.68. The van der Waals surface area contributed by atoms with Crippen molar-refractivity contribution in [3.63, 3.8) is 0 Å². The molecule has 1 rings (SSSR count). The summed E-state index contributed by atoms with van der Waals surface area (Å²) >= 11 is 0. The van der Waals surface area contributed by atoms with Crippen molar-refractivity contribution in [2.75, 3.05) is 13.2 Å². The molecule has 0 aliphatic carbocycles. The topological polar surface area (TPSA) is 18.5 Å². The number of benzene rings is 1. The minimum atomic E-state index is -11.2. The molecule has 0 unspecified atom stereocenters. The van der Waals surface area contributed by atoms with Gasteiger partial charge >= 0.3 is 20.4 Å². The third-order valence-electron chi connectivity index (χ3n) is 2.41. The minimum absolute atomic E-state index is 0.0781. The lowest BCUT2D eigenvalue weighted by Gasteiger charge is -2.48. The lowest BCUT2D eigenvalue weighted by Crippen LogP contribution is -2.19. The molecule has 14 heteroatoms. The van der Waals surface area contributed by atoms with Gasteiger partial charge in [0.1, 0.15) is 11.5 Å². The lowest BCUT2D eigenvalue weighted by atomic mass is 10.3. The molecule has 0 heterocycles. The van der Waals surface area contributed by atoms with Crippen LogP contribution in [0.2, 0.25) is 0 Å². The third-order valence-corrected chi connectivity index (χ3v) is 4.89. The van der Waals surface area contributed by atoms with E-state index in [0.717, 1.165) is 13.8 Å². The Bertz CT molecular complexity index is 604. The molecule has 2 nitrogen and oxygen atoms in total. The first-order valence-electron chi connectivity index (χ1n) is 6.01. The van der Waals surface area contributed by atoms with Crippen LogP contribution in [0.3, 0.4) is 0 Å². The van der Waals surface area contributed by atoms with E-state index in [0.29, 0.717) is 0 Å². The average molecular weight is 418 g/mol. The Morgan fingerprint density at radius 2 is 0.875 bits per heavy atom. The van der Waals surface area contributed by atoms with Crippen LogP contribution in [0.1, 0.15) is 13.8 Å².